The van der Waals surface area contributed by atoms with Crippen molar-refractivity contribution in [3.8, 4) is 0 Å². The summed E-state index contributed by atoms with van der Waals surface area (Å²) in [4.78, 5) is 15.4. The van der Waals surface area contributed by atoms with Gasteiger partial charge >= 0.3 is 0 Å². The molecule has 0 radical (unpaired) electrons. The van der Waals surface area contributed by atoms with Crippen LogP contribution in [0.25, 0.3) is 0 Å². The molecular weight excluding hydrogens is 180 g/mol. The second-order valence-corrected chi connectivity index (χ2v) is 3.06. The van der Waals surface area contributed by atoms with Gasteiger partial charge in [-0.25, -0.2) is 0 Å². The second-order valence-electron chi connectivity index (χ2n) is 3.06. The van der Waals surface area contributed by atoms with Crippen molar-refractivity contribution < 1.29 is 9.63 Å². The number of rotatable bonds is 5. The van der Waals surface area contributed by atoms with Gasteiger partial charge in [-0.15, -0.1) is 0 Å². The van der Waals surface area contributed by atoms with Crippen molar-refractivity contribution in [3.63, 3.8) is 0 Å². The number of nitrogens with one attached hydrogen (secondary N) is 1. The first-order valence-electron chi connectivity index (χ1n) is 4.37. The number of nitrogens with two attached hydrogens (primary N) is 1. The van der Waals surface area contributed by atoms with E-state index in [4.69, 9.17) is 10.6 Å². The number of hydrogen-bond donors (Lipinski definition) is 2. The third-order valence-corrected chi connectivity index (χ3v) is 1.71. The van der Waals surface area contributed by atoms with E-state index >= 15 is 0 Å². The van der Waals surface area contributed by atoms with Gasteiger partial charge in [0.05, 0.1) is 13.2 Å². The molecule has 76 valence electrons. The van der Waals surface area contributed by atoms with Crippen LogP contribution in [0.2, 0.25) is 0 Å². The van der Waals surface area contributed by atoms with Crippen LogP contribution < -0.4 is 11.2 Å². The fourth-order valence-corrected chi connectivity index (χ4v) is 0.941. The van der Waals surface area contributed by atoms with Crippen LogP contribution in [0, 0.1) is 6.92 Å². The number of carbonyl (C=O) groups is 1. The zero-order valence-corrected chi connectivity index (χ0v) is 8.12. The average molecular weight is 194 g/mol. The van der Waals surface area contributed by atoms with Crippen molar-refractivity contribution in [2.24, 2.45) is 5.73 Å². The van der Waals surface area contributed by atoms with E-state index in [0.717, 1.165) is 5.56 Å². The van der Waals surface area contributed by atoms with Crippen molar-refractivity contribution in [2.45, 2.75) is 13.5 Å². The summed E-state index contributed by atoms with van der Waals surface area (Å²) < 4.78 is 0. The summed E-state index contributed by atoms with van der Waals surface area (Å²) in [7, 11) is 0. The molecule has 0 aromatic heterocycles. The molecule has 0 heterocycles. The summed E-state index contributed by atoms with van der Waals surface area (Å²) in [6.45, 7) is 2.48. The molecule has 1 aromatic rings. The molecule has 0 unspecified atom stereocenters. The second kappa shape index (κ2) is 5.36. The van der Waals surface area contributed by atoms with E-state index in [1.807, 2.05) is 31.2 Å². The molecule has 0 aliphatic carbocycles. The Hall–Kier alpha value is -1.39. The van der Waals surface area contributed by atoms with Gasteiger partial charge in [0.15, 0.2) is 0 Å². The quantitative estimate of drug-likeness (QED) is 0.530. The van der Waals surface area contributed by atoms with Crippen molar-refractivity contribution >= 4 is 5.91 Å². The van der Waals surface area contributed by atoms with Gasteiger partial charge in [0.1, 0.15) is 0 Å². The molecule has 1 aromatic carbocycles. The maximum absolute atomic E-state index is 10.3. The standard InChI is InChI=1S/C10H14N2O2/c1-8-2-4-9(5-3-8)7-14-12-6-10(11)13/h2-5,12H,6-7H2,1H3,(H2,11,13). The number of aryl methyl sites for hydroxylation is 1. The topological polar surface area (TPSA) is 64.3 Å². The minimum absolute atomic E-state index is 0.0336. The molecule has 1 rings (SSSR count). The predicted octanol–water partition coefficient (Wildman–Crippen LogP) is 0.502. The highest BCUT2D eigenvalue weighted by atomic mass is 16.6. The number of amides is 1. The minimum Gasteiger partial charge on any atom is -0.368 e. The molecule has 0 spiro atoms. The number of primary amides is 1. The molecule has 4 nitrogen and oxygen atoms in total. The van der Waals surface area contributed by atoms with E-state index in [9.17, 15) is 4.79 Å². The number of hydroxylamine groups is 1. The molecule has 0 bridgehead atoms. The Morgan fingerprint density at radius 2 is 2.07 bits per heavy atom. The fourth-order valence-electron chi connectivity index (χ4n) is 0.941. The molecule has 3 N–H and O–H groups in total. The van der Waals surface area contributed by atoms with Crippen LogP contribution in [0.4, 0.5) is 0 Å². The largest absolute Gasteiger partial charge is 0.368 e. The van der Waals surface area contributed by atoms with Gasteiger partial charge in [-0.2, -0.15) is 5.48 Å². The summed E-state index contributed by atoms with van der Waals surface area (Å²) in [6, 6.07) is 7.96. The van der Waals surface area contributed by atoms with Crippen LogP contribution in [-0.2, 0) is 16.2 Å². The minimum atomic E-state index is -0.436. The number of hydrogen-bond acceptors (Lipinski definition) is 3. The zero-order chi connectivity index (χ0) is 10.4. The lowest BCUT2D eigenvalue weighted by Crippen LogP contribution is -2.28. The van der Waals surface area contributed by atoms with E-state index in [2.05, 4.69) is 5.48 Å². The first-order chi connectivity index (χ1) is 6.68. The smallest absolute Gasteiger partial charge is 0.233 e. The molecule has 0 fully saturated rings. The summed E-state index contributed by atoms with van der Waals surface area (Å²) in [5, 5.41) is 0. The molecule has 0 aliphatic rings. The first kappa shape index (κ1) is 10.7. The van der Waals surface area contributed by atoms with E-state index in [-0.39, 0.29) is 6.54 Å². The van der Waals surface area contributed by atoms with Crippen molar-refractivity contribution in [1.29, 1.82) is 0 Å². The Bertz CT molecular complexity index is 295. The highest BCUT2D eigenvalue weighted by molar-refractivity contribution is 5.75. The van der Waals surface area contributed by atoms with Gasteiger partial charge < -0.3 is 5.73 Å². The van der Waals surface area contributed by atoms with Crippen molar-refractivity contribution in [2.75, 3.05) is 6.54 Å². The fraction of sp³-hybridized carbons (Fsp3) is 0.300. The molecular formula is C10H14N2O2. The number of carbonyl (C=O) groups excluding carboxylic acids is 1. The summed E-state index contributed by atoms with van der Waals surface area (Å²) >= 11 is 0. The lowest BCUT2D eigenvalue weighted by atomic mass is 10.2. The van der Waals surface area contributed by atoms with Crippen molar-refractivity contribution in [3.05, 3.63) is 35.4 Å². The van der Waals surface area contributed by atoms with Crippen LogP contribution in [0.5, 0.6) is 0 Å². The molecule has 0 aliphatic heterocycles. The van der Waals surface area contributed by atoms with Gasteiger partial charge in [0.2, 0.25) is 5.91 Å². The van der Waals surface area contributed by atoms with Gasteiger partial charge in [-0.3, -0.25) is 9.63 Å². The Morgan fingerprint density at radius 1 is 1.43 bits per heavy atom. The van der Waals surface area contributed by atoms with E-state index < -0.39 is 5.91 Å². The third-order valence-electron chi connectivity index (χ3n) is 1.71. The molecule has 0 saturated carbocycles. The van der Waals surface area contributed by atoms with Crippen LogP contribution in [0.3, 0.4) is 0 Å². The van der Waals surface area contributed by atoms with E-state index in [0.29, 0.717) is 6.61 Å². The van der Waals surface area contributed by atoms with Crippen LogP contribution >= 0.6 is 0 Å². The average Bonchev–Trinajstić information content (AvgIpc) is 2.15. The Kier molecular flexibility index (Phi) is 4.10. The lowest BCUT2D eigenvalue weighted by molar-refractivity contribution is -0.120. The summed E-state index contributed by atoms with van der Waals surface area (Å²) in [5.74, 6) is -0.436. The molecule has 4 heteroatoms. The first-order valence-corrected chi connectivity index (χ1v) is 4.37. The summed E-state index contributed by atoms with van der Waals surface area (Å²) in [6.07, 6.45) is 0. The Labute approximate surface area is 83.0 Å². The van der Waals surface area contributed by atoms with Crippen LogP contribution in [0.15, 0.2) is 24.3 Å². The molecule has 1 amide bonds. The van der Waals surface area contributed by atoms with Crippen LogP contribution in [0.1, 0.15) is 11.1 Å². The number of benzene rings is 1. The van der Waals surface area contributed by atoms with Gasteiger partial charge in [0.25, 0.3) is 0 Å². The highest BCUT2D eigenvalue weighted by Gasteiger charge is 1.94. The Balaban J connectivity index is 2.25. The monoisotopic (exact) mass is 194 g/mol. The predicted molar refractivity (Wildman–Crippen MR) is 53.2 cm³/mol. The van der Waals surface area contributed by atoms with Crippen molar-refractivity contribution in [1.82, 2.24) is 5.48 Å². The molecule has 0 saturated heterocycles. The van der Waals surface area contributed by atoms with E-state index in [1.165, 1.54) is 5.56 Å². The normalized spacial score (nSPS) is 10.1. The SMILES string of the molecule is Cc1ccc(CONCC(N)=O)cc1. The maximum atomic E-state index is 10.3. The zero-order valence-electron chi connectivity index (χ0n) is 8.12. The molecule has 14 heavy (non-hydrogen) atoms. The third kappa shape index (κ3) is 4.02. The lowest BCUT2D eigenvalue weighted by Gasteiger charge is -2.03. The summed E-state index contributed by atoms with van der Waals surface area (Å²) in [5.41, 5.74) is 9.64. The van der Waals surface area contributed by atoms with Gasteiger partial charge in [-0.05, 0) is 12.5 Å². The molecule has 0 atom stereocenters. The van der Waals surface area contributed by atoms with E-state index in [1.54, 1.807) is 0 Å². The van der Waals surface area contributed by atoms with Gasteiger partial charge in [0, 0.05) is 0 Å². The van der Waals surface area contributed by atoms with Crippen LogP contribution in [-0.4, -0.2) is 12.5 Å². The Morgan fingerprint density at radius 3 is 2.64 bits per heavy atom. The maximum Gasteiger partial charge on any atom is 0.233 e. The highest BCUT2D eigenvalue weighted by Crippen LogP contribution is 2.03. The van der Waals surface area contributed by atoms with Gasteiger partial charge in [-0.1, -0.05) is 29.8 Å².